The zero-order chi connectivity index (χ0) is 19.4. The van der Waals surface area contributed by atoms with Crippen LogP contribution in [0.25, 0.3) is 0 Å². The lowest BCUT2D eigenvalue weighted by Gasteiger charge is -2.36. The first-order valence-corrected chi connectivity index (χ1v) is 8.44. The molecule has 142 valence electrons. The largest absolute Gasteiger partial charge is 0.416 e. The molecular weight excluding hydrogens is 357 g/mol. The number of carbonyl (C=O) groups excluding carboxylic acids is 1. The summed E-state index contributed by atoms with van der Waals surface area (Å²) < 4.78 is 38.1. The molecule has 1 aliphatic heterocycles. The number of pyridine rings is 1. The van der Waals surface area contributed by atoms with Crippen molar-refractivity contribution < 1.29 is 18.0 Å². The molecule has 0 unspecified atom stereocenters. The quantitative estimate of drug-likeness (QED) is 0.827. The van der Waals surface area contributed by atoms with Gasteiger partial charge >= 0.3 is 6.18 Å². The zero-order valence-electron chi connectivity index (χ0n) is 14.5. The van der Waals surface area contributed by atoms with Gasteiger partial charge in [-0.25, -0.2) is 4.98 Å². The summed E-state index contributed by atoms with van der Waals surface area (Å²) in [7, 11) is 0. The number of nitrogens with zero attached hydrogens (tertiary/aromatic N) is 3. The van der Waals surface area contributed by atoms with Gasteiger partial charge in [0.15, 0.2) is 5.82 Å². The number of piperazine rings is 1. The van der Waals surface area contributed by atoms with Gasteiger partial charge in [-0.2, -0.15) is 13.2 Å². The Morgan fingerprint density at radius 1 is 1.11 bits per heavy atom. The lowest BCUT2D eigenvalue weighted by Crippen LogP contribution is -2.48. The minimum Gasteiger partial charge on any atom is -0.365 e. The van der Waals surface area contributed by atoms with Gasteiger partial charge in [-0.3, -0.25) is 4.79 Å². The minimum absolute atomic E-state index is 0.0936. The molecule has 1 saturated heterocycles. The standard InChI is InChI=1S/C19H19F3N4O/c1-2-17(27)26-12-10-25(11-13-26)16-4-3-9-23-18(16)24-15-7-5-14(6-8-15)19(20,21)22/h2-9H,1,10-13H2,(H,23,24). The Morgan fingerprint density at radius 3 is 2.37 bits per heavy atom. The Balaban J connectivity index is 1.73. The number of anilines is 3. The smallest absolute Gasteiger partial charge is 0.365 e. The maximum atomic E-state index is 12.7. The number of hydrogen-bond donors (Lipinski definition) is 1. The number of aromatic nitrogens is 1. The Kier molecular flexibility index (Phi) is 5.34. The summed E-state index contributed by atoms with van der Waals surface area (Å²) in [4.78, 5) is 19.8. The molecule has 1 fully saturated rings. The number of alkyl halides is 3. The van der Waals surface area contributed by atoms with Gasteiger partial charge in [0, 0.05) is 38.1 Å². The average Bonchev–Trinajstić information content (AvgIpc) is 2.68. The van der Waals surface area contributed by atoms with Gasteiger partial charge in [0.25, 0.3) is 0 Å². The molecule has 0 atom stereocenters. The average molecular weight is 376 g/mol. The highest BCUT2D eigenvalue weighted by molar-refractivity contribution is 5.87. The molecule has 0 bridgehead atoms. The zero-order valence-corrected chi connectivity index (χ0v) is 14.5. The van der Waals surface area contributed by atoms with Crippen molar-refractivity contribution in [3.8, 4) is 0 Å². The predicted octanol–water partition coefficient (Wildman–Crippen LogP) is 3.68. The van der Waals surface area contributed by atoms with Gasteiger partial charge < -0.3 is 15.1 Å². The molecule has 3 rings (SSSR count). The molecule has 1 N–H and O–H groups in total. The number of benzene rings is 1. The Labute approximate surface area is 155 Å². The summed E-state index contributed by atoms with van der Waals surface area (Å²) in [5, 5.41) is 3.08. The molecule has 1 amide bonds. The predicted molar refractivity (Wildman–Crippen MR) is 98.0 cm³/mol. The molecule has 27 heavy (non-hydrogen) atoms. The van der Waals surface area contributed by atoms with Crippen molar-refractivity contribution in [2.45, 2.75) is 6.18 Å². The topological polar surface area (TPSA) is 48.5 Å². The highest BCUT2D eigenvalue weighted by Gasteiger charge is 2.30. The Hall–Kier alpha value is -3.03. The first-order valence-electron chi connectivity index (χ1n) is 8.44. The normalized spacial score (nSPS) is 14.8. The summed E-state index contributed by atoms with van der Waals surface area (Å²) in [6.45, 7) is 5.90. The van der Waals surface area contributed by atoms with Crippen LogP contribution < -0.4 is 10.2 Å². The van der Waals surface area contributed by atoms with Crippen molar-refractivity contribution in [3.05, 3.63) is 60.8 Å². The van der Waals surface area contributed by atoms with Crippen LogP contribution in [0, 0.1) is 0 Å². The van der Waals surface area contributed by atoms with Crippen LogP contribution in [0.5, 0.6) is 0 Å². The number of rotatable bonds is 4. The highest BCUT2D eigenvalue weighted by atomic mass is 19.4. The summed E-state index contributed by atoms with van der Waals surface area (Å²) in [5.74, 6) is 0.463. The van der Waals surface area contributed by atoms with Crippen LogP contribution in [0.1, 0.15) is 5.56 Å². The third-order valence-electron chi connectivity index (χ3n) is 4.37. The number of nitrogens with one attached hydrogen (secondary N) is 1. The summed E-state index contributed by atoms with van der Waals surface area (Å²) in [5.41, 5.74) is 0.656. The van der Waals surface area contributed by atoms with E-state index in [1.807, 2.05) is 6.07 Å². The molecule has 1 aromatic heterocycles. The van der Waals surface area contributed by atoms with E-state index in [0.29, 0.717) is 37.7 Å². The molecule has 0 spiro atoms. The SMILES string of the molecule is C=CC(=O)N1CCN(c2cccnc2Nc2ccc(C(F)(F)F)cc2)CC1. The minimum atomic E-state index is -4.36. The van der Waals surface area contributed by atoms with Crippen LogP contribution in [0.15, 0.2) is 55.3 Å². The first kappa shape index (κ1) is 18.8. The van der Waals surface area contributed by atoms with Gasteiger partial charge in [-0.05, 0) is 42.5 Å². The molecule has 2 heterocycles. The fourth-order valence-electron chi connectivity index (χ4n) is 2.92. The monoisotopic (exact) mass is 376 g/mol. The highest BCUT2D eigenvalue weighted by Crippen LogP contribution is 2.31. The van der Waals surface area contributed by atoms with E-state index in [1.54, 1.807) is 17.2 Å². The fourth-order valence-corrected chi connectivity index (χ4v) is 2.92. The van der Waals surface area contributed by atoms with E-state index in [0.717, 1.165) is 17.8 Å². The van der Waals surface area contributed by atoms with Crippen molar-refractivity contribution in [1.29, 1.82) is 0 Å². The van der Waals surface area contributed by atoms with Crippen molar-refractivity contribution in [3.63, 3.8) is 0 Å². The van der Waals surface area contributed by atoms with Crippen LogP contribution in [-0.4, -0.2) is 42.0 Å². The second-order valence-electron chi connectivity index (χ2n) is 6.09. The first-order chi connectivity index (χ1) is 12.9. The van der Waals surface area contributed by atoms with Crippen LogP contribution in [0.3, 0.4) is 0 Å². The van der Waals surface area contributed by atoms with Crippen LogP contribution in [0.2, 0.25) is 0 Å². The third kappa shape index (κ3) is 4.39. The molecule has 2 aromatic rings. The number of carbonyl (C=O) groups is 1. The van der Waals surface area contributed by atoms with Crippen molar-refractivity contribution in [1.82, 2.24) is 9.88 Å². The molecule has 0 radical (unpaired) electrons. The summed E-state index contributed by atoms with van der Waals surface area (Å²) >= 11 is 0. The maximum absolute atomic E-state index is 12.7. The van der Waals surface area contributed by atoms with Gasteiger partial charge in [-0.15, -0.1) is 0 Å². The van der Waals surface area contributed by atoms with Gasteiger partial charge in [0.1, 0.15) is 0 Å². The van der Waals surface area contributed by atoms with Crippen molar-refractivity contribution in [2.75, 3.05) is 36.4 Å². The van der Waals surface area contributed by atoms with Crippen molar-refractivity contribution in [2.24, 2.45) is 0 Å². The van der Waals surface area contributed by atoms with E-state index in [1.165, 1.54) is 18.2 Å². The Morgan fingerprint density at radius 2 is 1.78 bits per heavy atom. The summed E-state index contributed by atoms with van der Waals surface area (Å²) in [6.07, 6.45) is -1.44. The lowest BCUT2D eigenvalue weighted by atomic mass is 10.2. The maximum Gasteiger partial charge on any atom is 0.416 e. The second kappa shape index (κ2) is 7.69. The third-order valence-corrected chi connectivity index (χ3v) is 4.37. The molecule has 5 nitrogen and oxygen atoms in total. The summed E-state index contributed by atoms with van der Waals surface area (Å²) in [6, 6.07) is 8.51. The second-order valence-corrected chi connectivity index (χ2v) is 6.09. The number of halogens is 3. The van der Waals surface area contributed by atoms with E-state index in [2.05, 4.69) is 21.8 Å². The van der Waals surface area contributed by atoms with Crippen LogP contribution in [0.4, 0.5) is 30.4 Å². The molecule has 8 heteroatoms. The van der Waals surface area contributed by atoms with Crippen molar-refractivity contribution >= 4 is 23.1 Å². The van der Waals surface area contributed by atoms with Gasteiger partial charge in [-0.1, -0.05) is 6.58 Å². The molecule has 1 aromatic carbocycles. The molecule has 0 saturated carbocycles. The van der Waals surface area contributed by atoms with Crippen LogP contribution >= 0.6 is 0 Å². The number of amides is 1. The number of hydrogen-bond acceptors (Lipinski definition) is 4. The fraction of sp³-hybridized carbons (Fsp3) is 0.263. The van der Waals surface area contributed by atoms with Crippen LogP contribution in [-0.2, 0) is 11.0 Å². The molecule has 0 aliphatic carbocycles. The Bertz CT molecular complexity index is 812. The van der Waals surface area contributed by atoms with E-state index >= 15 is 0 Å². The molecule has 1 aliphatic rings. The van der Waals surface area contributed by atoms with Gasteiger partial charge in [0.05, 0.1) is 11.3 Å². The van der Waals surface area contributed by atoms with E-state index in [9.17, 15) is 18.0 Å². The molecular formula is C19H19F3N4O. The van der Waals surface area contributed by atoms with Gasteiger partial charge in [0.2, 0.25) is 5.91 Å². The lowest BCUT2D eigenvalue weighted by molar-refractivity contribution is -0.137. The van der Waals surface area contributed by atoms with E-state index < -0.39 is 11.7 Å². The van der Waals surface area contributed by atoms with E-state index in [-0.39, 0.29) is 5.91 Å². The van der Waals surface area contributed by atoms with E-state index in [4.69, 9.17) is 0 Å².